The summed E-state index contributed by atoms with van der Waals surface area (Å²) in [6.07, 6.45) is 9.68. The summed E-state index contributed by atoms with van der Waals surface area (Å²) in [4.78, 5) is 44.9. The van der Waals surface area contributed by atoms with Crippen molar-refractivity contribution in [3.8, 4) is 0 Å². The Balaban J connectivity index is 1.43. The molecule has 1 unspecified atom stereocenters. The first-order valence-electron chi connectivity index (χ1n) is 13.5. The molecule has 2 amide bonds. The molecular formula is C30H32N2O6. The molecule has 1 spiro atoms. The zero-order valence-corrected chi connectivity index (χ0v) is 21.2. The summed E-state index contributed by atoms with van der Waals surface area (Å²) in [6, 6.07) is 12.9. The Morgan fingerprint density at radius 3 is 2.68 bits per heavy atom. The van der Waals surface area contributed by atoms with Gasteiger partial charge in [0.05, 0.1) is 18.6 Å². The summed E-state index contributed by atoms with van der Waals surface area (Å²) in [7, 11) is 0. The van der Waals surface area contributed by atoms with E-state index in [-0.39, 0.29) is 25.0 Å². The maximum atomic E-state index is 14.4. The van der Waals surface area contributed by atoms with Gasteiger partial charge in [-0.1, -0.05) is 54.6 Å². The monoisotopic (exact) mass is 516 g/mol. The van der Waals surface area contributed by atoms with E-state index in [0.717, 1.165) is 35.7 Å². The number of rotatable bonds is 4. The molecule has 4 aliphatic rings. The van der Waals surface area contributed by atoms with E-state index in [1.165, 1.54) is 4.90 Å². The fourth-order valence-electron chi connectivity index (χ4n) is 6.47. The Labute approximate surface area is 221 Å². The number of likely N-dealkylation sites (tertiary alicyclic amines) is 1. The quantitative estimate of drug-likeness (QED) is 0.496. The van der Waals surface area contributed by atoms with Gasteiger partial charge in [0, 0.05) is 25.4 Å². The van der Waals surface area contributed by atoms with Crippen LogP contribution in [0.25, 0.3) is 10.8 Å². The fourth-order valence-corrected chi connectivity index (χ4v) is 6.47. The normalized spacial score (nSPS) is 32.0. The van der Waals surface area contributed by atoms with E-state index >= 15 is 0 Å². The van der Waals surface area contributed by atoms with Crippen LogP contribution in [0.5, 0.6) is 0 Å². The number of esters is 1. The lowest BCUT2D eigenvalue weighted by atomic mass is 9.78. The van der Waals surface area contributed by atoms with E-state index in [0.29, 0.717) is 19.6 Å². The van der Waals surface area contributed by atoms with Crippen molar-refractivity contribution < 1.29 is 29.0 Å². The van der Waals surface area contributed by atoms with Crippen molar-refractivity contribution in [2.24, 2.45) is 11.8 Å². The number of anilines is 1. The van der Waals surface area contributed by atoms with Crippen molar-refractivity contribution in [2.45, 2.75) is 43.4 Å². The number of aliphatic hydroxyl groups is 1. The highest BCUT2D eigenvalue weighted by Crippen LogP contribution is 2.53. The van der Waals surface area contributed by atoms with Crippen LogP contribution in [-0.2, 0) is 23.9 Å². The van der Waals surface area contributed by atoms with Crippen LogP contribution in [0.15, 0.2) is 66.8 Å². The van der Waals surface area contributed by atoms with Gasteiger partial charge < -0.3 is 24.4 Å². The third-order valence-corrected chi connectivity index (χ3v) is 8.20. The number of carbonyl (C=O) groups is 3. The van der Waals surface area contributed by atoms with Gasteiger partial charge in [0.1, 0.15) is 17.6 Å². The predicted molar refractivity (Wildman–Crippen MR) is 141 cm³/mol. The fraction of sp³-hybridized carbons (Fsp3) is 0.433. The van der Waals surface area contributed by atoms with Crippen LogP contribution in [0.3, 0.4) is 0 Å². The summed E-state index contributed by atoms with van der Waals surface area (Å²) < 4.78 is 12.2. The number of amides is 2. The summed E-state index contributed by atoms with van der Waals surface area (Å²) in [5, 5.41) is 11.6. The van der Waals surface area contributed by atoms with E-state index in [1.54, 1.807) is 4.90 Å². The molecule has 0 aromatic heterocycles. The van der Waals surface area contributed by atoms with Crippen molar-refractivity contribution in [1.82, 2.24) is 4.90 Å². The average molecular weight is 517 g/mol. The van der Waals surface area contributed by atoms with E-state index in [9.17, 15) is 19.5 Å². The Morgan fingerprint density at radius 1 is 1.00 bits per heavy atom. The molecule has 2 fully saturated rings. The van der Waals surface area contributed by atoms with Crippen molar-refractivity contribution in [3.63, 3.8) is 0 Å². The molecule has 0 saturated carbocycles. The molecule has 1 N–H and O–H groups in total. The van der Waals surface area contributed by atoms with Gasteiger partial charge in [-0.3, -0.25) is 14.4 Å². The van der Waals surface area contributed by atoms with Crippen molar-refractivity contribution >= 4 is 34.2 Å². The highest BCUT2D eigenvalue weighted by atomic mass is 16.6. The summed E-state index contributed by atoms with van der Waals surface area (Å²) in [5.74, 6) is -2.76. The first-order valence-corrected chi connectivity index (χ1v) is 13.5. The summed E-state index contributed by atoms with van der Waals surface area (Å²) in [6.45, 7) is 0.675. The van der Waals surface area contributed by atoms with E-state index in [4.69, 9.17) is 9.47 Å². The summed E-state index contributed by atoms with van der Waals surface area (Å²) >= 11 is 0. The first-order chi connectivity index (χ1) is 18.5. The number of nitrogens with zero attached hydrogens (tertiary/aromatic N) is 2. The van der Waals surface area contributed by atoms with Gasteiger partial charge in [0.2, 0.25) is 5.91 Å². The van der Waals surface area contributed by atoms with Gasteiger partial charge in [-0.05, 0) is 48.6 Å². The SMILES string of the molecule is O=C1OCCCC/C=C\[C@@H]2O[C@]34C=CCN(c5ccc6ccccc6c5)C(=O)C3N(CCCO)C(=O)[C@@H]4[C@H]12. The summed E-state index contributed by atoms with van der Waals surface area (Å²) in [5.41, 5.74) is -0.577. The molecular weight excluding hydrogens is 484 g/mol. The van der Waals surface area contributed by atoms with Crippen LogP contribution in [0.1, 0.15) is 25.7 Å². The van der Waals surface area contributed by atoms with Gasteiger partial charge in [0.25, 0.3) is 5.91 Å². The minimum absolute atomic E-state index is 0.121. The Morgan fingerprint density at radius 2 is 1.84 bits per heavy atom. The van der Waals surface area contributed by atoms with Crippen LogP contribution in [-0.4, -0.2) is 71.8 Å². The van der Waals surface area contributed by atoms with Crippen molar-refractivity contribution in [1.29, 1.82) is 0 Å². The molecule has 2 aromatic carbocycles. The van der Waals surface area contributed by atoms with Gasteiger partial charge in [-0.15, -0.1) is 0 Å². The number of aliphatic hydroxyl groups excluding tert-OH is 1. The van der Waals surface area contributed by atoms with Crippen LogP contribution in [0.4, 0.5) is 5.69 Å². The number of ether oxygens (including phenoxy) is 2. The number of hydrogen-bond acceptors (Lipinski definition) is 6. The van der Waals surface area contributed by atoms with Crippen LogP contribution in [0, 0.1) is 11.8 Å². The van der Waals surface area contributed by atoms with Gasteiger partial charge in [-0.2, -0.15) is 0 Å². The zero-order valence-electron chi connectivity index (χ0n) is 21.2. The number of carbonyl (C=O) groups excluding carboxylic acids is 3. The number of cyclic esters (lactones) is 1. The predicted octanol–water partition coefficient (Wildman–Crippen LogP) is 2.99. The molecule has 4 aliphatic heterocycles. The Hall–Kier alpha value is -3.49. The lowest BCUT2D eigenvalue weighted by Gasteiger charge is -2.35. The van der Waals surface area contributed by atoms with Gasteiger partial charge in [-0.25, -0.2) is 0 Å². The van der Waals surface area contributed by atoms with E-state index in [2.05, 4.69) is 0 Å². The minimum Gasteiger partial charge on any atom is -0.465 e. The smallest absolute Gasteiger partial charge is 0.312 e. The van der Waals surface area contributed by atoms with Gasteiger partial charge in [0.15, 0.2) is 0 Å². The minimum atomic E-state index is -1.30. The molecule has 8 heteroatoms. The molecule has 2 aromatic rings. The molecule has 2 saturated heterocycles. The molecule has 6 rings (SSSR count). The zero-order chi connectivity index (χ0) is 26.3. The highest BCUT2D eigenvalue weighted by Gasteiger charge is 2.71. The number of benzene rings is 2. The molecule has 0 radical (unpaired) electrons. The maximum Gasteiger partial charge on any atom is 0.312 e. The second-order valence-corrected chi connectivity index (χ2v) is 10.4. The lowest BCUT2D eigenvalue weighted by molar-refractivity contribution is -0.154. The third-order valence-electron chi connectivity index (χ3n) is 8.20. The van der Waals surface area contributed by atoms with E-state index in [1.807, 2.05) is 66.8 Å². The highest BCUT2D eigenvalue weighted by molar-refractivity contribution is 6.06. The topological polar surface area (TPSA) is 96.4 Å². The van der Waals surface area contributed by atoms with E-state index < -0.39 is 35.6 Å². The second kappa shape index (κ2) is 10.0. The second-order valence-electron chi connectivity index (χ2n) is 10.4. The number of fused-ring (bicyclic) bond motifs is 3. The molecule has 4 heterocycles. The third kappa shape index (κ3) is 3.94. The van der Waals surface area contributed by atoms with Crippen LogP contribution in [0.2, 0.25) is 0 Å². The lowest BCUT2D eigenvalue weighted by Crippen LogP contribution is -2.55. The molecule has 0 bridgehead atoms. The molecule has 38 heavy (non-hydrogen) atoms. The molecule has 198 valence electrons. The Bertz CT molecular complexity index is 1320. The number of allylic oxidation sites excluding steroid dienone is 1. The van der Waals surface area contributed by atoms with Crippen LogP contribution < -0.4 is 4.90 Å². The standard InChI is InChI=1S/C30H32N2O6/c33-17-8-16-32-26-28(35)31(22-13-12-20-9-4-5-10-21(20)19-22)15-7-14-30(26)25(27(32)34)24-23(38-30)11-3-1-2-6-18-37-29(24)36/h3-5,7,9-14,19,23-26,33H,1-2,6,8,15-18H2/b11-3-/t23-,24+,25-,26?,30-/m0/s1. The van der Waals surface area contributed by atoms with Crippen molar-refractivity contribution in [2.75, 3.05) is 31.2 Å². The van der Waals surface area contributed by atoms with Gasteiger partial charge >= 0.3 is 5.97 Å². The van der Waals surface area contributed by atoms with Crippen LogP contribution >= 0.6 is 0 Å². The molecule has 0 aliphatic carbocycles. The maximum absolute atomic E-state index is 14.4. The molecule has 8 nitrogen and oxygen atoms in total. The average Bonchev–Trinajstić information content (AvgIpc) is 3.31. The number of hydrogen-bond donors (Lipinski definition) is 1. The largest absolute Gasteiger partial charge is 0.465 e. The van der Waals surface area contributed by atoms with Crippen molar-refractivity contribution in [3.05, 3.63) is 66.8 Å². The molecule has 5 atom stereocenters. The Kier molecular flexibility index (Phi) is 6.53. The first kappa shape index (κ1) is 24.8.